The molecule has 1 aromatic carbocycles. The fourth-order valence-electron chi connectivity index (χ4n) is 3.31. The van der Waals surface area contributed by atoms with E-state index in [4.69, 9.17) is 14.2 Å². The Labute approximate surface area is 178 Å². The molecule has 0 spiro atoms. The highest BCUT2D eigenvalue weighted by Gasteiger charge is 2.23. The summed E-state index contributed by atoms with van der Waals surface area (Å²) in [5.74, 6) is 2.32. The predicted molar refractivity (Wildman–Crippen MR) is 119 cm³/mol. The third-order valence-corrected chi connectivity index (χ3v) is 4.78. The number of nitrogens with zero attached hydrogens (tertiary/aromatic N) is 2. The summed E-state index contributed by atoms with van der Waals surface area (Å²) in [6.45, 7) is 9.20. The highest BCUT2D eigenvalue weighted by Crippen LogP contribution is 2.32. The first kappa shape index (κ1) is 22.0. The Morgan fingerprint density at radius 3 is 2.78 bits per heavy atom. The second kappa shape index (κ2) is 10.9. The summed E-state index contributed by atoms with van der Waals surface area (Å²) in [5, 5.41) is 6.74. The summed E-state index contributed by atoms with van der Waals surface area (Å²) in [6, 6.07) is 6.72. The Balaban J connectivity index is 0.00000261. The topological polar surface area (TPSA) is 67.4 Å². The standard InChI is InChI=1S/C19H30N4O3.HI/c1-14(23-7-10-24-13-15(23)2)12-21-19(20-3)22-16-5-6-17-18(11-16)26-9-4-8-25-17;/h5-6,11,14-15H,4,7-10,12-13H2,1-3H3,(H2,20,21,22);1H. The van der Waals surface area contributed by atoms with Gasteiger partial charge in [-0.2, -0.15) is 0 Å². The molecule has 1 fully saturated rings. The van der Waals surface area contributed by atoms with Crippen LogP contribution in [-0.4, -0.2) is 69.5 Å². The van der Waals surface area contributed by atoms with Gasteiger partial charge in [0.1, 0.15) is 0 Å². The number of guanidine groups is 1. The van der Waals surface area contributed by atoms with E-state index < -0.39 is 0 Å². The van der Waals surface area contributed by atoms with Crippen molar-refractivity contribution in [3.63, 3.8) is 0 Å². The van der Waals surface area contributed by atoms with Crippen LogP contribution in [0.15, 0.2) is 23.2 Å². The van der Waals surface area contributed by atoms with Crippen LogP contribution in [0, 0.1) is 0 Å². The minimum atomic E-state index is 0. The maximum atomic E-state index is 5.75. The molecule has 3 rings (SSSR count). The minimum Gasteiger partial charge on any atom is -0.490 e. The maximum absolute atomic E-state index is 5.75. The number of nitrogens with one attached hydrogen (secondary N) is 2. The summed E-state index contributed by atoms with van der Waals surface area (Å²) in [5.41, 5.74) is 0.926. The number of anilines is 1. The number of hydrogen-bond donors (Lipinski definition) is 2. The van der Waals surface area contributed by atoms with E-state index in [0.29, 0.717) is 25.3 Å². The van der Waals surface area contributed by atoms with Crippen LogP contribution in [0.5, 0.6) is 11.5 Å². The Hall–Kier alpha value is -1.26. The van der Waals surface area contributed by atoms with E-state index in [1.807, 2.05) is 18.2 Å². The molecule has 0 amide bonds. The second-order valence-corrected chi connectivity index (χ2v) is 6.80. The van der Waals surface area contributed by atoms with Crippen LogP contribution in [-0.2, 0) is 4.74 Å². The van der Waals surface area contributed by atoms with E-state index in [1.165, 1.54) is 0 Å². The fourth-order valence-corrected chi connectivity index (χ4v) is 3.31. The minimum absolute atomic E-state index is 0. The van der Waals surface area contributed by atoms with E-state index in [1.54, 1.807) is 7.05 Å². The van der Waals surface area contributed by atoms with E-state index >= 15 is 0 Å². The Kier molecular flexibility index (Phi) is 8.91. The molecule has 0 saturated carbocycles. The number of halogens is 1. The molecular formula is C19H31IN4O3. The predicted octanol–water partition coefficient (Wildman–Crippen LogP) is 2.56. The van der Waals surface area contributed by atoms with Crippen LogP contribution in [0.4, 0.5) is 5.69 Å². The molecule has 2 atom stereocenters. The molecule has 1 aromatic rings. The molecule has 1 saturated heterocycles. The van der Waals surface area contributed by atoms with Crippen molar-refractivity contribution in [3.05, 3.63) is 18.2 Å². The molecule has 2 unspecified atom stereocenters. The molecule has 27 heavy (non-hydrogen) atoms. The molecule has 0 aliphatic carbocycles. The molecular weight excluding hydrogens is 459 g/mol. The quantitative estimate of drug-likeness (QED) is 0.384. The molecule has 0 bridgehead atoms. The van der Waals surface area contributed by atoms with Gasteiger partial charge in [-0.05, 0) is 26.0 Å². The molecule has 2 aliphatic rings. The first-order chi connectivity index (χ1) is 12.7. The zero-order chi connectivity index (χ0) is 18.4. The highest BCUT2D eigenvalue weighted by molar-refractivity contribution is 14.0. The van der Waals surface area contributed by atoms with E-state index in [9.17, 15) is 0 Å². The number of fused-ring (bicyclic) bond motifs is 1. The second-order valence-electron chi connectivity index (χ2n) is 6.80. The van der Waals surface area contributed by atoms with Crippen LogP contribution in [0.25, 0.3) is 0 Å². The number of aliphatic imine (C=N–C) groups is 1. The van der Waals surface area contributed by atoms with Crippen molar-refractivity contribution in [3.8, 4) is 11.5 Å². The summed E-state index contributed by atoms with van der Waals surface area (Å²) in [7, 11) is 1.78. The monoisotopic (exact) mass is 490 g/mol. The van der Waals surface area contributed by atoms with Crippen molar-refractivity contribution in [2.45, 2.75) is 32.4 Å². The zero-order valence-corrected chi connectivity index (χ0v) is 18.7. The molecule has 2 heterocycles. The molecule has 2 aliphatic heterocycles. The van der Waals surface area contributed by atoms with Crippen molar-refractivity contribution in [2.75, 3.05) is 51.9 Å². The Bertz CT molecular complexity index is 629. The first-order valence-electron chi connectivity index (χ1n) is 9.38. The third kappa shape index (κ3) is 6.11. The van der Waals surface area contributed by atoms with Gasteiger partial charge in [0, 0.05) is 50.4 Å². The van der Waals surface area contributed by atoms with Crippen LogP contribution < -0.4 is 20.1 Å². The Morgan fingerprint density at radius 1 is 1.26 bits per heavy atom. The van der Waals surface area contributed by atoms with Gasteiger partial charge in [0.2, 0.25) is 0 Å². The smallest absolute Gasteiger partial charge is 0.195 e. The van der Waals surface area contributed by atoms with Gasteiger partial charge in [-0.3, -0.25) is 9.89 Å². The van der Waals surface area contributed by atoms with Crippen LogP contribution in [0.3, 0.4) is 0 Å². The van der Waals surface area contributed by atoms with Crippen LogP contribution in [0.2, 0.25) is 0 Å². The Morgan fingerprint density at radius 2 is 2.04 bits per heavy atom. The lowest BCUT2D eigenvalue weighted by Gasteiger charge is -2.38. The molecule has 7 nitrogen and oxygen atoms in total. The number of ether oxygens (including phenoxy) is 3. The van der Waals surface area contributed by atoms with Crippen molar-refractivity contribution in [2.24, 2.45) is 4.99 Å². The number of benzene rings is 1. The third-order valence-electron chi connectivity index (χ3n) is 4.78. The first-order valence-corrected chi connectivity index (χ1v) is 9.38. The lowest BCUT2D eigenvalue weighted by atomic mass is 10.2. The van der Waals surface area contributed by atoms with Gasteiger partial charge in [-0.1, -0.05) is 0 Å². The summed E-state index contributed by atoms with van der Waals surface area (Å²) in [6.07, 6.45) is 0.901. The number of hydrogen-bond acceptors (Lipinski definition) is 5. The largest absolute Gasteiger partial charge is 0.490 e. The normalized spacial score (nSPS) is 21.6. The van der Waals surface area contributed by atoms with Crippen molar-refractivity contribution in [1.29, 1.82) is 0 Å². The lowest BCUT2D eigenvalue weighted by molar-refractivity contribution is -0.0173. The van der Waals surface area contributed by atoms with Gasteiger partial charge < -0.3 is 24.8 Å². The van der Waals surface area contributed by atoms with Gasteiger partial charge in [0.25, 0.3) is 0 Å². The summed E-state index contributed by atoms with van der Waals surface area (Å²) >= 11 is 0. The molecule has 8 heteroatoms. The summed E-state index contributed by atoms with van der Waals surface area (Å²) < 4.78 is 16.9. The van der Waals surface area contributed by atoms with Crippen molar-refractivity contribution >= 4 is 35.6 Å². The molecule has 0 radical (unpaired) electrons. The van der Waals surface area contributed by atoms with E-state index in [2.05, 4.69) is 34.4 Å². The zero-order valence-electron chi connectivity index (χ0n) is 16.4. The average molecular weight is 490 g/mol. The molecule has 152 valence electrons. The highest BCUT2D eigenvalue weighted by atomic mass is 127. The lowest BCUT2D eigenvalue weighted by Crippen LogP contribution is -2.52. The van der Waals surface area contributed by atoms with E-state index in [0.717, 1.165) is 55.9 Å². The SMILES string of the molecule is CN=C(NCC(C)N1CCOCC1C)Nc1ccc2c(c1)OCCCO2.I. The number of morpholine rings is 1. The fraction of sp³-hybridized carbons (Fsp3) is 0.632. The summed E-state index contributed by atoms with van der Waals surface area (Å²) in [4.78, 5) is 6.80. The van der Waals surface area contributed by atoms with Crippen molar-refractivity contribution < 1.29 is 14.2 Å². The molecule has 0 aromatic heterocycles. The average Bonchev–Trinajstić information content (AvgIpc) is 2.90. The van der Waals surface area contributed by atoms with Gasteiger partial charge in [-0.25, -0.2) is 0 Å². The number of rotatable bonds is 4. The van der Waals surface area contributed by atoms with Crippen molar-refractivity contribution in [1.82, 2.24) is 10.2 Å². The van der Waals surface area contributed by atoms with Gasteiger partial charge in [0.15, 0.2) is 17.5 Å². The van der Waals surface area contributed by atoms with Gasteiger partial charge in [0.05, 0.1) is 26.4 Å². The molecule has 2 N–H and O–H groups in total. The van der Waals surface area contributed by atoms with E-state index in [-0.39, 0.29) is 24.0 Å². The van der Waals surface area contributed by atoms with Crippen LogP contribution in [0.1, 0.15) is 20.3 Å². The van der Waals surface area contributed by atoms with Gasteiger partial charge in [-0.15, -0.1) is 24.0 Å². The van der Waals surface area contributed by atoms with Crippen LogP contribution >= 0.6 is 24.0 Å². The maximum Gasteiger partial charge on any atom is 0.195 e. The van der Waals surface area contributed by atoms with Gasteiger partial charge >= 0.3 is 0 Å².